The molecule has 256 valence electrons. The summed E-state index contributed by atoms with van der Waals surface area (Å²) in [6, 6.07) is 11.4. The zero-order valence-corrected chi connectivity index (χ0v) is 27.6. The number of hydrogen-bond acceptors (Lipinski definition) is 10. The second kappa shape index (κ2) is 16.1. The number of Topliss-reactive ketones (excluding diaryl/α,β-unsaturated/α-hetero) is 1. The summed E-state index contributed by atoms with van der Waals surface area (Å²) >= 11 is 0. The molecule has 13 heteroatoms. The molecular weight excluding hydrogens is 616 g/mol. The molecule has 0 spiro atoms. The van der Waals surface area contributed by atoms with Crippen molar-refractivity contribution in [3.8, 4) is 0 Å². The smallest absolute Gasteiger partial charge is 0.274 e. The fourth-order valence-electron chi connectivity index (χ4n) is 5.60. The van der Waals surface area contributed by atoms with E-state index in [9.17, 15) is 19.2 Å². The standard InChI is InChI=1S/C35H44N6O7/c1-23(2)17-27(31(42)35(3)22-47-35)37-32(43)28(18-24-7-5-4-6-8-24)38-33(44)29(19-25-9-11-36-12-10-25)39-34(45)30-20-26(48-40-30)21-41-13-15-46-16-14-41/h4-12,20,23,27-29H,13-19,21-22H2,1-3H3,(H,37,43)(H,38,44)(H,39,45)/t27?,28-,29?,35?/m0/s1. The number of carbonyl (C=O) groups is 4. The molecule has 2 saturated heterocycles. The molecule has 2 fully saturated rings. The number of ketones is 1. The first-order chi connectivity index (χ1) is 23.1. The first-order valence-electron chi connectivity index (χ1n) is 16.4. The van der Waals surface area contributed by atoms with Crippen LogP contribution >= 0.6 is 0 Å². The normalized spacial score (nSPS) is 19.6. The molecule has 0 radical (unpaired) electrons. The molecule has 1 aromatic carbocycles. The summed E-state index contributed by atoms with van der Waals surface area (Å²) in [6.45, 7) is 9.17. The van der Waals surface area contributed by atoms with Crippen molar-refractivity contribution >= 4 is 23.5 Å². The number of morpholine rings is 1. The fourth-order valence-corrected chi connectivity index (χ4v) is 5.60. The second-order valence-corrected chi connectivity index (χ2v) is 13.0. The SMILES string of the molecule is CC(C)CC(NC(=O)[C@H](Cc1ccccc1)NC(=O)C(Cc1ccncc1)NC(=O)c1cc(CN2CCOCC2)on1)C(=O)C1(C)CO1. The van der Waals surface area contributed by atoms with Crippen molar-refractivity contribution in [2.75, 3.05) is 32.9 Å². The van der Waals surface area contributed by atoms with Crippen LogP contribution in [0.2, 0.25) is 0 Å². The maximum absolute atomic E-state index is 14.0. The van der Waals surface area contributed by atoms with Crippen LogP contribution in [0.4, 0.5) is 0 Å². The molecule has 4 heterocycles. The van der Waals surface area contributed by atoms with Crippen molar-refractivity contribution in [3.05, 3.63) is 83.5 Å². The zero-order valence-electron chi connectivity index (χ0n) is 27.6. The van der Waals surface area contributed by atoms with Crippen LogP contribution in [0.15, 0.2) is 65.4 Å². The molecule has 2 aliphatic rings. The highest BCUT2D eigenvalue weighted by Gasteiger charge is 2.50. The highest BCUT2D eigenvalue weighted by atomic mass is 16.6. The maximum atomic E-state index is 14.0. The number of hydrogen-bond donors (Lipinski definition) is 3. The Morgan fingerprint density at radius 3 is 2.10 bits per heavy atom. The molecule has 5 rings (SSSR count). The molecule has 2 aromatic heterocycles. The first-order valence-corrected chi connectivity index (χ1v) is 16.4. The van der Waals surface area contributed by atoms with Crippen molar-refractivity contribution in [2.24, 2.45) is 5.92 Å². The van der Waals surface area contributed by atoms with Gasteiger partial charge in [-0.3, -0.25) is 29.1 Å². The number of nitrogens with zero attached hydrogens (tertiary/aromatic N) is 3. The second-order valence-electron chi connectivity index (χ2n) is 13.0. The van der Waals surface area contributed by atoms with Crippen LogP contribution in [0.3, 0.4) is 0 Å². The van der Waals surface area contributed by atoms with Gasteiger partial charge in [0.2, 0.25) is 11.8 Å². The van der Waals surface area contributed by atoms with Crippen LogP contribution in [0.1, 0.15) is 54.6 Å². The minimum Gasteiger partial charge on any atom is -0.379 e. The van der Waals surface area contributed by atoms with Crippen molar-refractivity contribution in [1.82, 2.24) is 31.0 Å². The van der Waals surface area contributed by atoms with Gasteiger partial charge in [-0.1, -0.05) is 49.3 Å². The van der Waals surface area contributed by atoms with Gasteiger partial charge >= 0.3 is 0 Å². The predicted octanol–water partition coefficient (Wildman–Crippen LogP) is 1.86. The van der Waals surface area contributed by atoms with Gasteiger partial charge in [0.25, 0.3) is 5.91 Å². The van der Waals surface area contributed by atoms with Gasteiger partial charge in [0.05, 0.1) is 32.4 Å². The molecule has 0 bridgehead atoms. The molecule has 3 amide bonds. The Hall–Kier alpha value is -4.46. The summed E-state index contributed by atoms with van der Waals surface area (Å²) in [7, 11) is 0. The number of amides is 3. The van der Waals surface area contributed by atoms with Crippen molar-refractivity contribution < 1.29 is 33.2 Å². The number of ether oxygens (including phenoxy) is 2. The lowest BCUT2D eigenvalue weighted by Gasteiger charge is -2.26. The highest BCUT2D eigenvalue weighted by Crippen LogP contribution is 2.29. The Morgan fingerprint density at radius 2 is 1.48 bits per heavy atom. The van der Waals surface area contributed by atoms with Gasteiger partial charge in [-0.2, -0.15) is 0 Å². The van der Waals surface area contributed by atoms with Crippen LogP contribution in [-0.2, 0) is 43.2 Å². The number of benzene rings is 1. The van der Waals surface area contributed by atoms with Crippen LogP contribution in [0, 0.1) is 5.92 Å². The number of pyridine rings is 1. The molecule has 4 atom stereocenters. The molecule has 3 N–H and O–H groups in total. The largest absolute Gasteiger partial charge is 0.379 e. The van der Waals surface area contributed by atoms with Gasteiger partial charge in [-0.15, -0.1) is 0 Å². The molecule has 13 nitrogen and oxygen atoms in total. The molecule has 3 unspecified atom stereocenters. The summed E-state index contributed by atoms with van der Waals surface area (Å²) in [5.41, 5.74) is 0.680. The minimum atomic E-state index is -1.07. The van der Waals surface area contributed by atoms with Crippen molar-refractivity contribution in [3.63, 3.8) is 0 Å². The maximum Gasteiger partial charge on any atom is 0.274 e. The molecule has 3 aromatic rings. The Bertz CT molecular complexity index is 1540. The lowest BCUT2D eigenvalue weighted by Crippen LogP contribution is -2.57. The Kier molecular flexibility index (Phi) is 11.7. The predicted molar refractivity (Wildman–Crippen MR) is 175 cm³/mol. The molecule has 0 aliphatic carbocycles. The summed E-state index contributed by atoms with van der Waals surface area (Å²) in [4.78, 5) is 60.7. The summed E-state index contributed by atoms with van der Waals surface area (Å²) in [6.07, 6.45) is 3.91. The van der Waals surface area contributed by atoms with Gasteiger partial charge in [0, 0.05) is 44.4 Å². The van der Waals surface area contributed by atoms with E-state index in [4.69, 9.17) is 14.0 Å². The van der Waals surface area contributed by atoms with Gasteiger partial charge < -0.3 is 29.9 Å². The molecule has 0 saturated carbocycles. The van der Waals surface area contributed by atoms with Crippen LogP contribution in [0.5, 0.6) is 0 Å². The third-order valence-electron chi connectivity index (χ3n) is 8.44. The van der Waals surface area contributed by atoms with Gasteiger partial charge in [0.1, 0.15) is 17.7 Å². The van der Waals surface area contributed by atoms with Gasteiger partial charge in [0.15, 0.2) is 17.2 Å². The van der Waals surface area contributed by atoms with E-state index >= 15 is 0 Å². The number of nitrogens with one attached hydrogen (secondary N) is 3. The minimum absolute atomic E-state index is 0.0372. The third-order valence-corrected chi connectivity index (χ3v) is 8.44. The summed E-state index contributed by atoms with van der Waals surface area (Å²) < 4.78 is 16.2. The number of carbonyl (C=O) groups excluding carboxylic acids is 4. The van der Waals surface area contributed by atoms with Crippen LogP contribution < -0.4 is 16.0 Å². The van der Waals surface area contributed by atoms with E-state index in [-0.39, 0.29) is 30.2 Å². The van der Waals surface area contributed by atoms with Crippen LogP contribution in [-0.4, -0.2) is 95.2 Å². The average molecular weight is 661 g/mol. The average Bonchev–Trinajstić information content (AvgIpc) is 3.66. The first kappa shape index (κ1) is 34.9. The van der Waals surface area contributed by atoms with E-state index in [1.807, 2.05) is 44.2 Å². The van der Waals surface area contributed by atoms with Crippen molar-refractivity contribution in [2.45, 2.75) is 70.3 Å². The fraction of sp³-hybridized carbons (Fsp3) is 0.486. The van der Waals surface area contributed by atoms with E-state index in [0.29, 0.717) is 38.5 Å². The number of rotatable bonds is 16. The summed E-state index contributed by atoms with van der Waals surface area (Å²) in [5.74, 6) is -1.23. The third kappa shape index (κ3) is 9.78. The van der Waals surface area contributed by atoms with Crippen LogP contribution in [0.25, 0.3) is 0 Å². The zero-order chi connectivity index (χ0) is 34.1. The quantitative estimate of drug-likeness (QED) is 0.193. The Labute approximate surface area is 280 Å². The topological polar surface area (TPSA) is 168 Å². The van der Waals surface area contributed by atoms with Gasteiger partial charge in [-0.05, 0) is 42.5 Å². The lowest BCUT2D eigenvalue weighted by atomic mass is 9.93. The molecule has 48 heavy (non-hydrogen) atoms. The van der Waals surface area contributed by atoms with E-state index < -0.39 is 41.4 Å². The van der Waals surface area contributed by atoms with E-state index in [1.54, 1.807) is 37.5 Å². The molecular formula is C35H44N6O7. The number of epoxide rings is 1. The van der Waals surface area contributed by atoms with E-state index in [1.165, 1.54) is 0 Å². The number of aromatic nitrogens is 2. The van der Waals surface area contributed by atoms with E-state index in [0.717, 1.165) is 24.2 Å². The summed E-state index contributed by atoms with van der Waals surface area (Å²) in [5, 5.41) is 12.5. The Morgan fingerprint density at radius 1 is 0.875 bits per heavy atom. The molecule has 2 aliphatic heterocycles. The van der Waals surface area contributed by atoms with E-state index in [2.05, 4.69) is 31.0 Å². The van der Waals surface area contributed by atoms with Gasteiger partial charge in [-0.25, -0.2) is 0 Å². The highest BCUT2D eigenvalue weighted by molar-refractivity contribution is 5.99. The van der Waals surface area contributed by atoms with Crippen molar-refractivity contribution in [1.29, 1.82) is 0 Å². The monoisotopic (exact) mass is 660 g/mol. The Balaban J connectivity index is 1.33. The lowest BCUT2D eigenvalue weighted by molar-refractivity contribution is -0.133.